The number of ether oxygens (including phenoxy) is 2. The Labute approximate surface area is 196 Å². The molecular formula is C25H27N5O4. The lowest BCUT2D eigenvalue weighted by Gasteiger charge is -2.36. The maximum Gasteiger partial charge on any atom is 0.240 e. The van der Waals surface area contributed by atoms with Crippen LogP contribution >= 0.6 is 0 Å². The van der Waals surface area contributed by atoms with Gasteiger partial charge >= 0.3 is 0 Å². The van der Waals surface area contributed by atoms with Gasteiger partial charge in [0, 0.05) is 23.5 Å². The van der Waals surface area contributed by atoms with E-state index in [-0.39, 0.29) is 24.5 Å². The van der Waals surface area contributed by atoms with E-state index < -0.39 is 5.41 Å². The van der Waals surface area contributed by atoms with Crippen LogP contribution in [0.3, 0.4) is 0 Å². The average Bonchev–Trinajstić information content (AvgIpc) is 3.37. The van der Waals surface area contributed by atoms with Gasteiger partial charge in [-0.25, -0.2) is 4.98 Å². The van der Waals surface area contributed by atoms with E-state index >= 15 is 0 Å². The molecule has 2 aliphatic heterocycles. The average molecular weight is 462 g/mol. The number of carbonyl (C=O) groups excluding carboxylic acids is 2. The number of H-pyrrole nitrogens is 1. The van der Waals surface area contributed by atoms with E-state index in [1.165, 1.54) is 0 Å². The van der Waals surface area contributed by atoms with E-state index in [1.54, 1.807) is 17.3 Å². The smallest absolute Gasteiger partial charge is 0.240 e. The first-order valence-corrected chi connectivity index (χ1v) is 11.8. The van der Waals surface area contributed by atoms with Gasteiger partial charge in [-0.05, 0) is 43.4 Å². The van der Waals surface area contributed by atoms with Crippen molar-refractivity contribution in [1.29, 1.82) is 0 Å². The number of aromatic nitrogens is 3. The zero-order chi connectivity index (χ0) is 23.1. The van der Waals surface area contributed by atoms with Crippen molar-refractivity contribution in [2.45, 2.75) is 37.2 Å². The van der Waals surface area contributed by atoms with Crippen LogP contribution in [0.15, 0.2) is 42.7 Å². The molecule has 1 saturated heterocycles. The molecule has 9 nitrogen and oxygen atoms in total. The molecule has 0 radical (unpaired) electrons. The topological polar surface area (TPSA) is 109 Å². The summed E-state index contributed by atoms with van der Waals surface area (Å²) in [7, 11) is 0. The van der Waals surface area contributed by atoms with Crippen molar-refractivity contribution in [2.24, 2.45) is 5.92 Å². The van der Waals surface area contributed by atoms with Gasteiger partial charge < -0.3 is 19.7 Å². The summed E-state index contributed by atoms with van der Waals surface area (Å²) in [6, 6.07) is 9.82. The van der Waals surface area contributed by atoms with Gasteiger partial charge in [0.25, 0.3) is 0 Å². The Balaban J connectivity index is 1.15. The van der Waals surface area contributed by atoms with Crippen LogP contribution in [0.5, 0.6) is 5.75 Å². The maximum atomic E-state index is 13.7. The molecule has 3 aromatic rings. The van der Waals surface area contributed by atoms with Crippen LogP contribution in [0.25, 0.3) is 11.0 Å². The Morgan fingerprint density at radius 1 is 1.24 bits per heavy atom. The molecule has 0 atom stereocenters. The molecule has 2 fully saturated rings. The minimum absolute atomic E-state index is 0.0128. The largest absolute Gasteiger partial charge is 0.489 e. The predicted molar refractivity (Wildman–Crippen MR) is 125 cm³/mol. The van der Waals surface area contributed by atoms with E-state index in [4.69, 9.17) is 9.47 Å². The third kappa shape index (κ3) is 3.60. The number of hydrogen-bond acceptors (Lipinski definition) is 6. The number of pyridine rings is 1. The van der Waals surface area contributed by atoms with Crippen molar-refractivity contribution in [3.63, 3.8) is 0 Å². The molecule has 176 valence electrons. The second-order valence-corrected chi connectivity index (χ2v) is 9.49. The summed E-state index contributed by atoms with van der Waals surface area (Å²) in [5.41, 5.74) is 2.02. The quantitative estimate of drug-likeness (QED) is 0.583. The number of para-hydroxylation sites is 1. The highest BCUT2D eigenvalue weighted by atomic mass is 16.5. The zero-order valence-corrected chi connectivity index (χ0v) is 18.8. The molecule has 4 heterocycles. The third-order valence-corrected chi connectivity index (χ3v) is 7.32. The van der Waals surface area contributed by atoms with Crippen LogP contribution in [0.2, 0.25) is 0 Å². The number of nitrogens with one attached hydrogen (secondary N) is 2. The van der Waals surface area contributed by atoms with Crippen molar-refractivity contribution >= 4 is 28.5 Å². The fourth-order valence-corrected chi connectivity index (χ4v) is 5.37. The van der Waals surface area contributed by atoms with Gasteiger partial charge in [0.2, 0.25) is 11.8 Å². The van der Waals surface area contributed by atoms with Crippen molar-refractivity contribution in [3.8, 4) is 5.75 Å². The summed E-state index contributed by atoms with van der Waals surface area (Å²) in [6.45, 7) is 2.00. The Morgan fingerprint density at radius 3 is 2.85 bits per heavy atom. The summed E-state index contributed by atoms with van der Waals surface area (Å²) >= 11 is 0. The minimum Gasteiger partial charge on any atom is -0.489 e. The monoisotopic (exact) mass is 461 g/mol. The van der Waals surface area contributed by atoms with E-state index in [1.807, 2.05) is 30.3 Å². The Morgan fingerprint density at radius 2 is 2.06 bits per heavy atom. The molecule has 0 unspecified atom stereocenters. The lowest BCUT2D eigenvalue weighted by atomic mass is 9.69. The van der Waals surface area contributed by atoms with E-state index in [0.29, 0.717) is 44.3 Å². The molecule has 1 spiro atoms. The Kier molecular flexibility index (Phi) is 5.21. The highest BCUT2D eigenvalue weighted by Crippen LogP contribution is 2.50. The molecule has 9 heteroatoms. The highest BCUT2D eigenvalue weighted by molar-refractivity contribution is 6.10. The fourth-order valence-electron chi connectivity index (χ4n) is 5.37. The minimum atomic E-state index is -0.592. The number of rotatable bonds is 6. The summed E-state index contributed by atoms with van der Waals surface area (Å²) < 4.78 is 11.4. The van der Waals surface area contributed by atoms with Crippen LogP contribution in [0, 0.1) is 5.92 Å². The first-order valence-electron chi connectivity index (χ1n) is 11.8. The molecule has 1 aromatic carbocycles. The molecule has 6 rings (SSSR count). The van der Waals surface area contributed by atoms with Gasteiger partial charge in [-0.15, -0.1) is 0 Å². The van der Waals surface area contributed by atoms with Gasteiger partial charge in [0.05, 0.1) is 37.1 Å². The molecule has 34 heavy (non-hydrogen) atoms. The normalized spacial score (nSPS) is 24.3. The number of amides is 2. The standard InChI is InChI=1S/C25H27N5O4/c31-22(26-10-16-14-33-15-16)13-30-21-4-2-1-3-20(21)25(24(30)32)7-5-18(6-8-25)34-19-9-17-11-28-29-23(17)27-12-19/h1-4,9,11-12,16,18H,5-8,10,13-15H2,(H,26,31)(H,27,28,29). The van der Waals surface area contributed by atoms with Gasteiger partial charge in [-0.2, -0.15) is 5.10 Å². The molecule has 2 amide bonds. The van der Waals surface area contributed by atoms with Crippen molar-refractivity contribution in [2.75, 3.05) is 31.2 Å². The molecule has 2 aromatic heterocycles. The lowest BCUT2D eigenvalue weighted by Crippen LogP contribution is -2.48. The SMILES string of the molecule is O=C(CN1C(=O)C2(CCC(Oc3cnc4[nH]ncc4c3)CC2)c2ccccc21)NCC1COC1. The molecular weight excluding hydrogens is 434 g/mol. The molecule has 1 saturated carbocycles. The van der Waals surface area contributed by atoms with Crippen LogP contribution in [-0.2, 0) is 19.7 Å². The molecule has 2 N–H and O–H groups in total. The number of nitrogens with zero attached hydrogens (tertiary/aromatic N) is 3. The number of anilines is 1. The number of aromatic amines is 1. The maximum absolute atomic E-state index is 13.7. The fraction of sp³-hybridized carbons (Fsp3) is 0.440. The zero-order valence-electron chi connectivity index (χ0n) is 18.8. The molecule has 0 bridgehead atoms. The number of fused-ring (bicyclic) bond motifs is 3. The summed E-state index contributed by atoms with van der Waals surface area (Å²) in [5.74, 6) is 0.974. The van der Waals surface area contributed by atoms with Crippen molar-refractivity contribution < 1.29 is 19.1 Å². The first kappa shape index (κ1) is 21.1. The van der Waals surface area contributed by atoms with Gasteiger partial charge in [-0.3, -0.25) is 14.7 Å². The van der Waals surface area contributed by atoms with Crippen LogP contribution in [-0.4, -0.2) is 59.4 Å². The Bertz CT molecular complexity index is 1230. The number of benzene rings is 1. The van der Waals surface area contributed by atoms with Gasteiger partial charge in [-0.1, -0.05) is 18.2 Å². The number of hydrogen-bond donors (Lipinski definition) is 2. The van der Waals surface area contributed by atoms with Crippen LogP contribution in [0.1, 0.15) is 31.2 Å². The van der Waals surface area contributed by atoms with E-state index in [2.05, 4.69) is 20.5 Å². The summed E-state index contributed by atoms with van der Waals surface area (Å²) in [4.78, 5) is 32.4. The van der Waals surface area contributed by atoms with Crippen molar-refractivity contribution in [1.82, 2.24) is 20.5 Å². The first-order chi connectivity index (χ1) is 16.6. The summed E-state index contributed by atoms with van der Waals surface area (Å²) in [6.07, 6.45) is 6.33. The van der Waals surface area contributed by atoms with Gasteiger partial charge in [0.1, 0.15) is 12.3 Å². The van der Waals surface area contributed by atoms with E-state index in [0.717, 1.165) is 35.1 Å². The third-order valence-electron chi connectivity index (χ3n) is 7.32. The number of carbonyl (C=O) groups is 2. The van der Waals surface area contributed by atoms with Crippen LogP contribution in [0.4, 0.5) is 5.69 Å². The lowest BCUT2D eigenvalue weighted by molar-refractivity contribution is -0.128. The van der Waals surface area contributed by atoms with Gasteiger partial charge in [0.15, 0.2) is 5.65 Å². The van der Waals surface area contributed by atoms with Crippen molar-refractivity contribution in [3.05, 3.63) is 48.3 Å². The summed E-state index contributed by atoms with van der Waals surface area (Å²) in [5, 5.41) is 10.7. The predicted octanol–water partition coefficient (Wildman–Crippen LogP) is 2.33. The van der Waals surface area contributed by atoms with E-state index in [9.17, 15) is 9.59 Å². The molecule has 1 aliphatic carbocycles. The molecule has 3 aliphatic rings. The second kappa shape index (κ2) is 8.39. The van der Waals surface area contributed by atoms with Crippen LogP contribution < -0.4 is 15.0 Å². The second-order valence-electron chi connectivity index (χ2n) is 9.49. The Hall–Kier alpha value is -3.46. The highest BCUT2D eigenvalue weighted by Gasteiger charge is 2.52.